The molecule has 0 aromatic carbocycles. The number of nitrogens with zero attached hydrogens (tertiary/aromatic N) is 2. The van der Waals surface area contributed by atoms with Crippen LogP contribution in [0.25, 0.3) is 0 Å². The van der Waals surface area contributed by atoms with Crippen LogP contribution in [0.3, 0.4) is 0 Å². The van der Waals surface area contributed by atoms with Crippen LogP contribution in [0.5, 0.6) is 0 Å². The van der Waals surface area contributed by atoms with Crippen molar-refractivity contribution in [1.29, 1.82) is 0 Å². The summed E-state index contributed by atoms with van der Waals surface area (Å²) in [6.45, 7) is 0. The minimum absolute atomic E-state index is 0.0985. The third-order valence-corrected chi connectivity index (χ3v) is 3.05. The summed E-state index contributed by atoms with van der Waals surface area (Å²) in [5.74, 6) is -0.0691. The van der Waals surface area contributed by atoms with E-state index in [1.54, 1.807) is 13.2 Å². The van der Waals surface area contributed by atoms with Gasteiger partial charge in [0.05, 0.1) is 0 Å². The van der Waals surface area contributed by atoms with Gasteiger partial charge in [0.1, 0.15) is 0 Å². The molecule has 5 heteroatoms. The van der Waals surface area contributed by atoms with E-state index in [0.717, 1.165) is 24.8 Å². The highest BCUT2D eigenvalue weighted by atomic mass is 16.2. The first-order chi connectivity index (χ1) is 8.66. The highest BCUT2D eigenvalue weighted by Crippen LogP contribution is 2.20. The molecule has 0 saturated heterocycles. The number of aryl methyl sites for hydroxylation is 1. The van der Waals surface area contributed by atoms with Gasteiger partial charge in [-0.1, -0.05) is 11.6 Å². The van der Waals surface area contributed by atoms with Gasteiger partial charge in [0.25, 0.3) is 5.56 Å². The Hall–Kier alpha value is -1.91. The van der Waals surface area contributed by atoms with Crippen LogP contribution in [-0.2, 0) is 11.8 Å². The molecule has 0 saturated carbocycles. The summed E-state index contributed by atoms with van der Waals surface area (Å²) in [6, 6.07) is 0. The Morgan fingerprint density at radius 3 is 3.06 bits per heavy atom. The Morgan fingerprint density at radius 1 is 1.50 bits per heavy atom. The maximum absolute atomic E-state index is 11.8. The minimum atomic E-state index is -0.288. The van der Waals surface area contributed by atoms with Gasteiger partial charge in [0.15, 0.2) is 5.82 Å². The Bertz CT molecular complexity index is 531. The van der Waals surface area contributed by atoms with Gasteiger partial charge in [-0.15, -0.1) is 0 Å². The first kappa shape index (κ1) is 12.5. The summed E-state index contributed by atoms with van der Waals surface area (Å²) in [4.78, 5) is 27.4. The molecule has 0 aliphatic heterocycles. The number of carbonyl (C=O) groups is 1. The van der Waals surface area contributed by atoms with Crippen LogP contribution in [0.2, 0.25) is 0 Å². The summed E-state index contributed by atoms with van der Waals surface area (Å²) in [6.07, 6.45) is 9.91. The lowest BCUT2D eigenvalue weighted by molar-refractivity contribution is -0.115. The zero-order chi connectivity index (χ0) is 13.0. The first-order valence-corrected chi connectivity index (χ1v) is 6.16. The molecule has 0 unspecified atom stereocenters. The fraction of sp³-hybridized carbons (Fsp3) is 0.462. The van der Waals surface area contributed by atoms with E-state index in [4.69, 9.17) is 0 Å². The lowest BCUT2D eigenvalue weighted by atomic mass is 9.97. The number of aromatic nitrogens is 2. The quantitative estimate of drug-likeness (QED) is 0.825. The van der Waals surface area contributed by atoms with E-state index in [-0.39, 0.29) is 17.3 Å². The van der Waals surface area contributed by atoms with Crippen LogP contribution in [0.15, 0.2) is 28.8 Å². The lowest BCUT2D eigenvalue weighted by Gasteiger charge is -2.12. The van der Waals surface area contributed by atoms with Crippen molar-refractivity contribution in [3.63, 3.8) is 0 Å². The van der Waals surface area contributed by atoms with E-state index in [9.17, 15) is 9.59 Å². The summed E-state index contributed by atoms with van der Waals surface area (Å²) < 4.78 is 1.39. The average Bonchev–Trinajstić information content (AvgIpc) is 2.36. The third kappa shape index (κ3) is 3.06. The molecule has 0 bridgehead atoms. The third-order valence-electron chi connectivity index (χ3n) is 3.05. The number of anilines is 1. The standard InChI is InChI=1S/C13H17N3O2/c1-16-8-7-14-12(13(16)18)15-11(17)9-10-5-3-2-4-6-10/h5,7-8H,2-4,6,9H2,1H3,(H,14,15,17). The molecule has 96 valence electrons. The number of amides is 1. The molecule has 5 nitrogen and oxygen atoms in total. The van der Waals surface area contributed by atoms with E-state index in [1.165, 1.54) is 17.2 Å². The van der Waals surface area contributed by atoms with Crippen molar-refractivity contribution < 1.29 is 4.79 Å². The number of allylic oxidation sites excluding steroid dienone is 1. The van der Waals surface area contributed by atoms with Crippen molar-refractivity contribution in [3.05, 3.63) is 34.4 Å². The summed E-state index contributed by atoms with van der Waals surface area (Å²) in [5.41, 5.74) is 0.870. The van der Waals surface area contributed by atoms with Crippen molar-refractivity contribution in [3.8, 4) is 0 Å². The Morgan fingerprint density at radius 2 is 2.33 bits per heavy atom. The zero-order valence-electron chi connectivity index (χ0n) is 10.5. The first-order valence-electron chi connectivity index (χ1n) is 6.16. The van der Waals surface area contributed by atoms with Crippen molar-refractivity contribution in [1.82, 2.24) is 9.55 Å². The summed E-state index contributed by atoms with van der Waals surface area (Å²) in [7, 11) is 1.63. The maximum atomic E-state index is 11.8. The molecule has 1 aliphatic rings. The SMILES string of the molecule is Cn1ccnc(NC(=O)CC2=CCCCC2)c1=O. The molecule has 1 heterocycles. The van der Waals surface area contributed by atoms with Gasteiger partial charge >= 0.3 is 0 Å². The normalized spacial score (nSPS) is 15.1. The van der Waals surface area contributed by atoms with E-state index < -0.39 is 0 Å². The van der Waals surface area contributed by atoms with Crippen molar-refractivity contribution >= 4 is 11.7 Å². The topological polar surface area (TPSA) is 64.0 Å². The Labute approximate surface area is 106 Å². The van der Waals surface area contributed by atoms with Gasteiger partial charge in [0.2, 0.25) is 5.91 Å². The smallest absolute Gasteiger partial charge is 0.293 e. The Kier molecular flexibility index (Phi) is 3.92. The number of carbonyl (C=O) groups excluding carboxylic acids is 1. The predicted octanol–water partition coefficient (Wildman–Crippen LogP) is 1.61. The van der Waals surface area contributed by atoms with Crippen LogP contribution in [0, 0.1) is 0 Å². The minimum Gasteiger partial charge on any atom is -0.314 e. The molecule has 1 aromatic rings. The van der Waals surface area contributed by atoms with Crippen LogP contribution >= 0.6 is 0 Å². The second-order valence-electron chi connectivity index (χ2n) is 4.53. The molecular weight excluding hydrogens is 230 g/mol. The Balaban J connectivity index is 2.01. The number of rotatable bonds is 3. The number of hydrogen-bond donors (Lipinski definition) is 1. The molecule has 1 N–H and O–H groups in total. The van der Waals surface area contributed by atoms with Crippen LogP contribution < -0.4 is 10.9 Å². The van der Waals surface area contributed by atoms with Crippen molar-refractivity contribution in [2.45, 2.75) is 32.1 Å². The molecular formula is C13H17N3O2. The highest BCUT2D eigenvalue weighted by molar-refractivity contribution is 5.91. The molecule has 0 spiro atoms. The van der Waals surface area contributed by atoms with Crippen molar-refractivity contribution in [2.75, 3.05) is 5.32 Å². The molecule has 0 atom stereocenters. The van der Waals surface area contributed by atoms with Gasteiger partial charge in [-0.05, 0) is 25.7 Å². The van der Waals surface area contributed by atoms with Gasteiger partial charge in [-0.2, -0.15) is 0 Å². The number of hydrogen-bond acceptors (Lipinski definition) is 3. The summed E-state index contributed by atoms with van der Waals surface area (Å²) >= 11 is 0. The van der Waals surface area contributed by atoms with Crippen molar-refractivity contribution in [2.24, 2.45) is 7.05 Å². The molecule has 0 radical (unpaired) electrons. The van der Waals surface area contributed by atoms with E-state index in [0.29, 0.717) is 6.42 Å². The molecule has 1 amide bonds. The van der Waals surface area contributed by atoms with Crippen LogP contribution in [-0.4, -0.2) is 15.5 Å². The molecule has 18 heavy (non-hydrogen) atoms. The van der Waals surface area contributed by atoms with Crippen LogP contribution in [0.1, 0.15) is 32.1 Å². The van der Waals surface area contributed by atoms with Crippen LogP contribution in [0.4, 0.5) is 5.82 Å². The second kappa shape index (κ2) is 5.62. The molecule has 0 fully saturated rings. The average molecular weight is 247 g/mol. The van der Waals surface area contributed by atoms with Gasteiger partial charge in [0, 0.05) is 25.9 Å². The van der Waals surface area contributed by atoms with E-state index in [2.05, 4.69) is 16.4 Å². The fourth-order valence-corrected chi connectivity index (χ4v) is 2.03. The monoisotopic (exact) mass is 247 g/mol. The molecule has 1 aliphatic carbocycles. The largest absolute Gasteiger partial charge is 0.314 e. The van der Waals surface area contributed by atoms with Gasteiger partial charge in [-0.3, -0.25) is 9.59 Å². The van der Waals surface area contributed by atoms with Gasteiger partial charge < -0.3 is 9.88 Å². The predicted molar refractivity (Wildman–Crippen MR) is 69.3 cm³/mol. The highest BCUT2D eigenvalue weighted by Gasteiger charge is 2.11. The van der Waals surface area contributed by atoms with E-state index in [1.807, 2.05) is 0 Å². The van der Waals surface area contributed by atoms with Gasteiger partial charge in [-0.25, -0.2) is 4.98 Å². The second-order valence-corrected chi connectivity index (χ2v) is 4.53. The lowest BCUT2D eigenvalue weighted by Crippen LogP contribution is -2.25. The van der Waals surface area contributed by atoms with E-state index >= 15 is 0 Å². The fourth-order valence-electron chi connectivity index (χ4n) is 2.03. The zero-order valence-corrected chi connectivity index (χ0v) is 10.5. The number of nitrogens with one attached hydrogen (secondary N) is 1. The maximum Gasteiger partial charge on any atom is 0.293 e. The summed E-state index contributed by atoms with van der Waals surface area (Å²) in [5, 5.41) is 2.57. The molecule has 2 rings (SSSR count). The molecule has 1 aromatic heterocycles.